The summed E-state index contributed by atoms with van der Waals surface area (Å²) in [6.07, 6.45) is 2.76. The quantitative estimate of drug-likeness (QED) is 0.830. The molecular formula is C13H22N2O3S. The van der Waals surface area contributed by atoms with Crippen LogP contribution in [0, 0.1) is 5.92 Å². The number of ether oxygens (including phenoxy) is 1. The molecule has 1 atom stereocenters. The van der Waals surface area contributed by atoms with Gasteiger partial charge in [0.25, 0.3) is 0 Å². The van der Waals surface area contributed by atoms with Gasteiger partial charge < -0.3 is 10.1 Å². The van der Waals surface area contributed by atoms with Crippen LogP contribution in [-0.2, 0) is 14.6 Å². The van der Waals surface area contributed by atoms with E-state index in [2.05, 4.69) is 24.1 Å². The number of hydrogen-bond donors (Lipinski definition) is 1. The summed E-state index contributed by atoms with van der Waals surface area (Å²) in [5.41, 5.74) is 0. The Kier molecular flexibility index (Phi) is 5.75. The first-order valence-corrected chi connectivity index (χ1v) is 8.24. The molecule has 5 nitrogen and oxygen atoms in total. The van der Waals surface area contributed by atoms with E-state index < -0.39 is 9.84 Å². The van der Waals surface area contributed by atoms with E-state index in [1.807, 2.05) is 6.92 Å². The first-order chi connectivity index (χ1) is 8.86. The van der Waals surface area contributed by atoms with E-state index >= 15 is 0 Å². The lowest BCUT2D eigenvalue weighted by atomic mass is 10.1. The molecular weight excluding hydrogens is 264 g/mol. The molecule has 0 bridgehead atoms. The summed E-state index contributed by atoms with van der Waals surface area (Å²) in [5, 5.41) is 3.17. The van der Waals surface area contributed by atoms with Crippen molar-refractivity contribution in [1.82, 2.24) is 4.98 Å². The van der Waals surface area contributed by atoms with E-state index in [4.69, 9.17) is 4.74 Å². The van der Waals surface area contributed by atoms with Gasteiger partial charge >= 0.3 is 0 Å². The minimum atomic E-state index is -3.29. The van der Waals surface area contributed by atoms with Crippen LogP contribution >= 0.6 is 0 Å². The number of nitrogens with one attached hydrogen (secondary N) is 1. The molecule has 0 aliphatic carbocycles. The zero-order chi connectivity index (χ0) is 14.5. The molecule has 19 heavy (non-hydrogen) atoms. The molecule has 0 aromatic carbocycles. The number of rotatable bonds is 7. The largest absolute Gasteiger partial charge is 0.380 e. The van der Waals surface area contributed by atoms with Crippen molar-refractivity contribution >= 4 is 15.7 Å². The highest BCUT2D eigenvalue weighted by molar-refractivity contribution is 7.90. The molecule has 1 N–H and O–H groups in total. The summed E-state index contributed by atoms with van der Waals surface area (Å²) in [7, 11) is -3.29. The number of hydrogen-bond acceptors (Lipinski definition) is 5. The van der Waals surface area contributed by atoms with E-state index in [0.29, 0.717) is 24.9 Å². The lowest BCUT2D eigenvalue weighted by Gasteiger charge is -2.23. The Labute approximate surface area is 115 Å². The zero-order valence-electron chi connectivity index (χ0n) is 11.9. The Balaban J connectivity index is 2.97. The van der Waals surface area contributed by atoms with Gasteiger partial charge in [0.15, 0.2) is 9.84 Å². The third-order valence-corrected chi connectivity index (χ3v) is 3.93. The van der Waals surface area contributed by atoms with Crippen LogP contribution in [0.2, 0.25) is 0 Å². The van der Waals surface area contributed by atoms with Gasteiger partial charge in [-0.25, -0.2) is 13.4 Å². The molecule has 0 aliphatic heterocycles. The van der Waals surface area contributed by atoms with Gasteiger partial charge in [-0.1, -0.05) is 13.8 Å². The van der Waals surface area contributed by atoms with Crippen LogP contribution in [0.25, 0.3) is 0 Å². The number of anilines is 1. The van der Waals surface area contributed by atoms with Crippen molar-refractivity contribution in [3.05, 3.63) is 18.3 Å². The third kappa shape index (κ3) is 4.80. The Bertz CT molecular complexity index is 500. The summed E-state index contributed by atoms with van der Waals surface area (Å²) in [5.74, 6) is 0.698. The number of nitrogens with zero attached hydrogens (tertiary/aromatic N) is 1. The Hall–Kier alpha value is -1.14. The van der Waals surface area contributed by atoms with Crippen molar-refractivity contribution in [2.45, 2.75) is 31.7 Å². The van der Waals surface area contributed by atoms with Crippen LogP contribution in [0.1, 0.15) is 20.8 Å². The molecule has 1 rings (SSSR count). The second-order valence-electron chi connectivity index (χ2n) is 4.78. The fraction of sp³-hybridized carbons (Fsp3) is 0.615. The molecule has 1 heterocycles. The molecule has 6 heteroatoms. The SMILES string of the molecule is CCOCC(Nc1ncccc1S(C)(=O)=O)C(C)C. The van der Waals surface area contributed by atoms with Crippen LogP contribution in [0.4, 0.5) is 5.82 Å². The van der Waals surface area contributed by atoms with Crippen molar-refractivity contribution in [3.8, 4) is 0 Å². The molecule has 1 aromatic heterocycles. The number of sulfone groups is 1. The maximum Gasteiger partial charge on any atom is 0.179 e. The summed E-state index contributed by atoms with van der Waals surface area (Å²) in [6.45, 7) is 7.19. The lowest BCUT2D eigenvalue weighted by molar-refractivity contribution is 0.126. The summed E-state index contributed by atoms with van der Waals surface area (Å²) < 4.78 is 28.8. The Morgan fingerprint density at radius 3 is 2.63 bits per heavy atom. The van der Waals surface area contributed by atoms with Crippen LogP contribution in [-0.4, -0.2) is 38.9 Å². The fourth-order valence-electron chi connectivity index (χ4n) is 1.62. The maximum absolute atomic E-state index is 11.7. The molecule has 0 aliphatic rings. The summed E-state index contributed by atoms with van der Waals surface area (Å²) >= 11 is 0. The molecule has 0 saturated carbocycles. The minimum Gasteiger partial charge on any atom is -0.380 e. The highest BCUT2D eigenvalue weighted by atomic mass is 32.2. The van der Waals surface area contributed by atoms with E-state index in [0.717, 1.165) is 0 Å². The van der Waals surface area contributed by atoms with Gasteiger partial charge in [0.05, 0.1) is 12.6 Å². The van der Waals surface area contributed by atoms with Crippen molar-refractivity contribution in [3.63, 3.8) is 0 Å². The number of aromatic nitrogens is 1. The molecule has 0 fully saturated rings. The monoisotopic (exact) mass is 286 g/mol. The summed E-state index contributed by atoms with van der Waals surface area (Å²) in [6, 6.07) is 3.20. The van der Waals surface area contributed by atoms with Crippen LogP contribution in [0.5, 0.6) is 0 Å². The first-order valence-electron chi connectivity index (χ1n) is 6.35. The predicted octanol–water partition coefficient (Wildman–Crippen LogP) is 1.96. The van der Waals surface area contributed by atoms with Crippen LogP contribution in [0.3, 0.4) is 0 Å². The van der Waals surface area contributed by atoms with Gasteiger partial charge in [0, 0.05) is 19.1 Å². The van der Waals surface area contributed by atoms with E-state index in [9.17, 15) is 8.42 Å². The Morgan fingerprint density at radius 1 is 1.42 bits per heavy atom. The maximum atomic E-state index is 11.7. The molecule has 0 amide bonds. The van der Waals surface area contributed by atoms with Gasteiger partial charge in [-0.3, -0.25) is 0 Å². The third-order valence-electron chi connectivity index (χ3n) is 2.80. The van der Waals surface area contributed by atoms with E-state index in [1.165, 1.54) is 6.26 Å². The molecule has 1 aromatic rings. The highest BCUT2D eigenvalue weighted by Gasteiger charge is 2.19. The fourth-order valence-corrected chi connectivity index (χ4v) is 2.41. The standard InChI is InChI=1S/C13H22N2O3S/c1-5-18-9-11(10(2)3)15-13-12(19(4,16)17)7-6-8-14-13/h6-8,10-11H,5,9H2,1-4H3,(H,14,15). The Morgan fingerprint density at radius 2 is 2.11 bits per heavy atom. The van der Waals surface area contributed by atoms with E-state index in [1.54, 1.807) is 18.3 Å². The lowest BCUT2D eigenvalue weighted by Crippen LogP contribution is -2.32. The van der Waals surface area contributed by atoms with Crippen LogP contribution in [0.15, 0.2) is 23.2 Å². The van der Waals surface area contributed by atoms with Gasteiger partial charge in [-0.15, -0.1) is 0 Å². The average molecular weight is 286 g/mol. The van der Waals surface area contributed by atoms with Gasteiger partial charge in [-0.05, 0) is 25.0 Å². The van der Waals surface area contributed by atoms with Crippen molar-refractivity contribution in [2.75, 3.05) is 24.8 Å². The van der Waals surface area contributed by atoms with E-state index in [-0.39, 0.29) is 10.9 Å². The molecule has 0 saturated heterocycles. The van der Waals surface area contributed by atoms with Crippen LogP contribution < -0.4 is 5.32 Å². The molecule has 1 unspecified atom stereocenters. The molecule has 0 spiro atoms. The van der Waals surface area contributed by atoms with Gasteiger partial charge in [0.1, 0.15) is 10.7 Å². The van der Waals surface area contributed by atoms with Gasteiger partial charge in [0.2, 0.25) is 0 Å². The second kappa shape index (κ2) is 6.86. The minimum absolute atomic E-state index is 0.0235. The van der Waals surface area contributed by atoms with Crippen molar-refractivity contribution < 1.29 is 13.2 Å². The van der Waals surface area contributed by atoms with Crippen molar-refractivity contribution in [1.29, 1.82) is 0 Å². The highest BCUT2D eigenvalue weighted by Crippen LogP contribution is 2.20. The molecule has 108 valence electrons. The van der Waals surface area contributed by atoms with Gasteiger partial charge in [-0.2, -0.15) is 0 Å². The normalized spacial score (nSPS) is 13.5. The topological polar surface area (TPSA) is 68.3 Å². The second-order valence-corrected chi connectivity index (χ2v) is 6.76. The zero-order valence-corrected chi connectivity index (χ0v) is 12.7. The number of pyridine rings is 1. The smallest absolute Gasteiger partial charge is 0.179 e. The predicted molar refractivity (Wildman–Crippen MR) is 76.1 cm³/mol. The summed E-state index contributed by atoms with van der Waals surface area (Å²) in [4.78, 5) is 4.35. The van der Waals surface area contributed by atoms with Crippen molar-refractivity contribution in [2.24, 2.45) is 5.92 Å². The average Bonchev–Trinajstić information content (AvgIpc) is 2.33. The first kappa shape index (κ1) is 15.9. The molecule has 0 radical (unpaired) electrons.